The molecule has 1 fully saturated rings. The molecule has 8 heteroatoms. The Balaban J connectivity index is 1.65. The van der Waals surface area contributed by atoms with Crippen LogP contribution in [-0.2, 0) is 15.8 Å². The quantitative estimate of drug-likeness (QED) is 0.752. The van der Waals surface area contributed by atoms with Gasteiger partial charge in [-0.3, -0.25) is 14.5 Å². The zero-order valence-electron chi connectivity index (χ0n) is 14.5. The molecule has 2 aliphatic rings. The molecule has 0 saturated heterocycles. The maximum atomic E-state index is 12.2. The number of hydrogen-bond acceptors (Lipinski definition) is 5. The summed E-state index contributed by atoms with van der Waals surface area (Å²) >= 11 is 0. The van der Waals surface area contributed by atoms with Crippen LogP contribution in [0.1, 0.15) is 24.5 Å². The molecule has 27 heavy (non-hydrogen) atoms. The van der Waals surface area contributed by atoms with Gasteiger partial charge in [0.1, 0.15) is 5.75 Å². The van der Waals surface area contributed by atoms with E-state index in [1.165, 1.54) is 23.6 Å². The minimum Gasteiger partial charge on any atom is -0.496 e. The lowest BCUT2D eigenvalue weighted by Crippen LogP contribution is -2.17. The first kappa shape index (κ1) is 16.2. The fraction of sp³-hybridized carbons (Fsp3) is 0.211. The summed E-state index contributed by atoms with van der Waals surface area (Å²) in [5.41, 5.74) is 3.72. The minimum absolute atomic E-state index is 0.302. The second-order valence-corrected chi connectivity index (χ2v) is 7.79. The summed E-state index contributed by atoms with van der Waals surface area (Å²) in [6.07, 6.45) is 7.24. The number of carbonyl (C=O) groups is 1. The Morgan fingerprint density at radius 3 is 2.70 bits per heavy atom. The van der Waals surface area contributed by atoms with Gasteiger partial charge in [0.05, 0.1) is 24.2 Å². The summed E-state index contributed by atoms with van der Waals surface area (Å²) in [6, 6.07) is 8.00. The Morgan fingerprint density at radius 1 is 1.22 bits per heavy atom. The first-order chi connectivity index (χ1) is 13.1. The Kier molecular flexibility index (Phi) is 3.61. The van der Waals surface area contributed by atoms with Gasteiger partial charge in [-0.2, -0.15) is 5.10 Å². The van der Waals surface area contributed by atoms with E-state index in [1.807, 2.05) is 18.3 Å². The zero-order valence-corrected chi connectivity index (χ0v) is 15.3. The summed E-state index contributed by atoms with van der Waals surface area (Å²) in [5.74, 6) is 0.866. The molecule has 2 aromatic heterocycles. The van der Waals surface area contributed by atoms with Gasteiger partial charge in [-0.25, -0.2) is 8.89 Å². The Morgan fingerprint density at radius 2 is 2.07 bits per heavy atom. The van der Waals surface area contributed by atoms with Crippen molar-refractivity contribution >= 4 is 32.8 Å². The third-order valence-electron chi connectivity index (χ3n) is 4.83. The van der Waals surface area contributed by atoms with Gasteiger partial charge in [0.25, 0.3) is 5.91 Å². The van der Waals surface area contributed by atoms with Crippen molar-refractivity contribution in [3.8, 4) is 16.9 Å². The molecule has 1 unspecified atom stereocenters. The first-order valence-corrected chi connectivity index (χ1v) is 9.75. The lowest BCUT2D eigenvalue weighted by atomic mass is 10.0. The third-order valence-corrected chi connectivity index (χ3v) is 5.89. The molecule has 1 N–H and O–H groups in total. The molecule has 136 valence electrons. The van der Waals surface area contributed by atoms with E-state index in [0.717, 1.165) is 22.2 Å². The average molecular weight is 380 g/mol. The van der Waals surface area contributed by atoms with Gasteiger partial charge in [0.2, 0.25) is 0 Å². The number of fused-ring (bicyclic) bond motifs is 1. The van der Waals surface area contributed by atoms with Crippen LogP contribution in [-0.4, -0.2) is 32.0 Å². The lowest BCUT2D eigenvalue weighted by molar-refractivity contribution is -0.114. The normalized spacial score (nSPS) is 19.2. The van der Waals surface area contributed by atoms with Crippen molar-refractivity contribution in [2.45, 2.75) is 18.8 Å². The van der Waals surface area contributed by atoms with Crippen LogP contribution in [0.4, 0.5) is 0 Å². The molecule has 1 aliphatic carbocycles. The van der Waals surface area contributed by atoms with Crippen molar-refractivity contribution in [1.29, 1.82) is 0 Å². The second-order valence-electron chi connectivity index (χ2n) is 6.63. The van der Waals surface area contributed by atoms with Crippen LogP contribution in [0.3, 0.4) is 0 Å². The molecule has 1 amide bonds. The number of benzene rings is 1. The molecule has 3 heterocycles. The van der Waals surface area contributed by atoms with Crippen LogP contribution in [0.2, 0.25) is 0 Å². The predicted molar refractivity (Wildman–Crippen MR) is 102 cm³/mol. The minimum atomic E-state index is -1.63. The lowest BCUT2D eigenvalue weighted by Gasteiger charge is -2.09. The van der Waals surface area contributed by atoms with Crippen LogP contribution in [0, 0.1) is 0 Å². The largest absolute Gasteiger partial charge is 0.496 e. The topological polar surface area (TPSA) is 86.1 Å². The number of nitrogens with zero attached hydrogens (tertiary/aromatic N) is 3. The number of ether oxygens (including phenoxy) is 1. The van der Waals surface area contributed by atoms with E-state index >= 15 is 0 Å². The maximum Gasteiger partial charge on any atom is 0.258 e. The van der Waals surface area contributed by atoms with Crippen molar-refractivity contribution in [3.63, 3.8) is 0 Å². The van der Waals surface area contributed by atoms with Gasteiger partial charge in [-0.1, -0.05) is 6.07 Å². The van der Waals surface area contributed by atoms with Crippen molar-refractivity contribution in [3.05, 3.63) is 48.4 Å². The van der Waals surface area contributed by atoms with E-state index < -0.39 is 16.9 Å². The van der Waals surface area contributed by atoms with Crippen LogP contribution < -0.4 is 9.46 Å². The molecule has 1 aromatic carbocycles. The van der Waals surface area contributed by atoms with Crippen molar-refractivity contribution in [2.75, 3.05) is 7.11 Å². The van der Waals surface area contributed by atoms with E-state index in [0.29, 0.717) is 22.2 Å². The summed E-state index contributed by atoms with van der Waals surface area (Å²) in [6.45, 7) is 0. The molecule has 5 rings (SSSR count). The molecular formula is C19H16N4O3S. The molecule has 0 radical (unpaired) electrons. The molecule has 0 bridgehead atoms. The Hall–Kier alpha value is -3.00. The smallest absolute Gasteiger partial charge is 0.258 e. The summed E-state index contributed by atoms with van der Waals surface area (Å²) in [4.78, 5) is 16.1. The zero-order chi connectivity index (χ0) is 18.5. The first-order valence-electron chi connectivity index (χ1n) is 8.60. The number of hydrogen-bond donors (Lipinski definition) is 1. The van der Waals surface area contributed by atoms with Crippen molar-refractivity contribution < 1.29 is 13.7 Å². The highest BCUT2D eigenvalue weighted by Gasteiger charge is 2.25. The maximum absolute atomic E-state index is 12.2. The van der Waals surface area contributed by atoms with E-state index in [-0.39, 0.29) is 0 Å². The SMILES string of the molecule is COc1cc(-c2ccc(C3CC3)nc2)cc2c1cnn2C1=CC(=O)NS1=O. The van der Waals surface area contributed by atoms with E-state index in [1.54, 1.807) is 13.3 Å². The highest BCUT2D eigenvalue weighted by atomic mass is 32.2. The van der Waals surface area contributed by atoms with Gasteiger partial charge >= 0.3 is 0 Å². The van der Waals surface area contributed by atoms with Crippen molar-refractivity contribution in [2.24, 2.45) is 0 Å². The standard InChI is InChI=1S/C19H16N4O3S/c1-26-17-7-13(12-4-5-15(20-9-12)11-2-3-11)6-16-14(17)10-21-23(16)19-8-18(24)22-27(19)25/h4-11H,2-3H2,1H3,(H,22,24). The van der Waals surface area contributed by atoms with Gasteiger partial charge in [0, 0.05) is 29.4 Å². The van der Waals surface area contributed by atoms with Crippen molar-refractivity contribution in [1.82, 2.24) is 19.5 Å². The van der Waals surface area contributed by atoms with Crippen LogP contribution >= 0.6 is 0 Å². The molecule has 3 aromatic rings. The third kappa shape index (κ3) is 2.73. The highest BCUT2D eigenvalue weighted by Crippen LogP contribution is 2.40. The number of pyridine rings is 1. The van der Waals surface area contributed by atoms with Crippen LogP contribution in [0.15, 0.2) is 42.7 Å². The molecule has 7 nitrogen and oxygen atoms in total. The monoisotopic (exact) mass is 380 g/mol. The highest BCUT2D eigenvalue weighted by molar-refractivity contribution is 7.93. The van der Waals surface area contributed by atoms with E-state index in [4.69, 9.17) is 4.74 Å². The summed E-state index contributed by atoms with van der Waals surface area (Å²) < 4.78 is 21.6. The fourth-order valence-corrected chi connectivity index (χ4v) is 4.14. The van der Waals surface area contributed by atoms with Gasteiger partial charge < -0.3 is 4.74 Å². The van der Waals surface area contributed by atoms with Crippen LogP contribution in [0.5, 0.6) is 5.75 Å². The number of amides is 1. The molecule has 1 saturated carbocycles. The second kappa shape index (κ2) is 6.02. The van der Waals surface area contributed by atoms with Gasteiger partial charge in [-0.05, 0) is 36.6 Å². The summed E-state index contributed by atoms with van der Waals surface area (Å²) in [5, 5.41) is 5.40. The number of nitrogens with one attached hydrogen (secondary N) is 1. The molecule has 1 atom stereocenters. The van der Waals surface area contributed by atoms with E-state index in [2.05, 4.69) is 26.9 Å². The molecular weight excluding hydrogens is 364 g/mol. The number of methoxy groups -OCH3 is 1. The average Bonchev–Trinajstić information content (AvgIpc) is 3.36. The number of aromatic nitrogens is 3. The summed E-state index contributed by atoms with van der Waals surface area (Å²) in [7, 11) is -0.0287. The fourth-order valence-electron chi connectivity index (χ4n) is 3.28. The van der Waals surface area contributed by atoms with Gasteiger partial charge in [-0.15, -0.1) is 0 Å². The molecule has 1 aliphatic heterocycles. The van der Waals surface area contributed by atoms with E-state index in [9.17, 15) is 9.00 Å². The Labute approximate surface area is 157 Å². The van der Waals surface area contributed by atoms with Crippen LogP contribution in [0.25, 0.3) is 27.1 Å². The van der Waals surface area contributed by atoms with Gasteiger partial charge in [0.15, 0.2) is 16.0 Å². The number of rotatable bonds is 4. The predicted octanol–water partition coefficient (Wildman–Crippen LogP) is 2.58. The number of carbonyl (C=O) groups excluding carboxylic acids is 1. The Bertz CT molecular complexity index is 1130. The molecule has 0 spiro atoms.